The van der Waals surface area contributed by atoms with Crippen LogP contribution in [0.4, 0.5) is 0 Å². The molecule has 1 saturated heterocycles. The highest BCUT2D eigenvalue weighted by Gasteiger charge is 2.28. The van der Waals surface area contributed by atoms with Crippen LogP contribution in [0.3, 0.4) is 0 Å². The Labute approximate surface area is 211 Å². The van der Waals surface area contributed by atoms with E-state index in [0.717, 1.165) is 50.5 Å². The van der Waals surface area contributed by atoms with Gasteiger partial charge in [0.15, 0.2) is 5.78 Å². The number of hydrogen-bond donors (Lipinski definition) is 0. The fraction of sp³-hybridized carbons (Fsp3) is 0.500. The Morgan fingerprint density at radius 2 is 1.55 bits per heavy atom. The zero-order chi connectivity index (χ0) is 22.3. The molecule has 184 valence electrons. The van der Waals surface area contributed by atoms with Crippen LogP contribution in [0.2, 0.25) is 0 Å². The third kappa shape index (κ3) is 9.63. The number of hydrogen-bond acceptors (Lipinski definition) is 5. The van der Waals surface area contributed by atoms with Crippen molar-refractivity contribution in [2.75, 3.05) is 39.8 Å². The van der Waals surface area contributed by atoms with E-state index in [1.54, 1.807) is 7.11 Å². The molecule has 1 atom stereocenters. The van der Waals surface area contributed by atoms with Gasteiger partial charge in [-0.15, -0.1) is 24.8 Å². The van der Waals surface area contributed by atoms with Gasteiger partial charge in [0.1, 0.15) is 12.0 Å². The minimum atomic E-state index is -0.193. The molecule has 0 amide bonds. The van der Waals surface area contributed by atoms with Crippen molar-refractivity contribution in [2.45, 2.75) is 45.4 Å². The molecule has 1 aliphatic rings. The lowest BCUT2D eigenvalue weighted by atomic mass is 10.1. The highest BCUT2D eigenvalue weighted by molar-refractivity contribution is 5.96. The van der Waals surface area contributed by atoms with Gasteiger partial charge in [0, 0.05) is 51.1 Å². The van der Waals surface area contributed by atoms with Crippen LogP contribution in [-0.2, 0) is 11.2 Å². The maximum absolute atomic E-state index is 12.5. The van der Waals surface area contributed by atoms with E-state index < -0.39 is 0 Å². The molecule has 0 aromatic heterocycles. The standard InChI is InChI=1S/C26H36N2O3.2ClH/c1-26(2,3)31-25(20-21-8-6-5-7-9-21)28-18-16-27(17-19-28)15-14-24(29)22-10-12-23(30-4)13-11-22;;/h5-13,25H,14-20H2,1-4H3;2*1H. The van der Waals surface area contributed by atoms with E-state index in [1.807, 2.05) is 24.3 Å². The van der Waals surface area contributed by atoms with Gasteiger partial charge in [-0.2, -0.15) is 0 Å². The molecule has 2 aromatic carbocycles. The molecule has 0 aliphatic carbocycles. The number of ketones is 1. The van der Waals surface area contributed by atoms with Crippen molar-refractivity contribution < 1.29 is 14.3 Å². The molecule has 1 aliphatic heterocycles. The summed E-state index contributed by atoms with van der Waals surface area (Å²) >= 11 is 0. The fourth-order valence-corrected chi connectivity index (χ4v) is 3.92. The van der Waals surface area contributed by atoms with Crippen molar-refractivity contribution in [2.24, 2.45) is 0 Å². The van der Waals surface area contributed by atoms with E-state index in [4.69, 9.17) is 9.47 Å². The quantitative estimate of drug-likeness (QED) is 0.451. The summed E-state index contributed by atoms with van der Waals surface area (Å²) < 4.78 is 11.6. The van der Waals surface area contributed by atoms with Crippen LogP contribution in [0, 0.1) is 0 Å². The number of rotatable bonds is 9. The second kappa shape index (κ2) is 13.9. The molecular weight excluding hydrogens is 459 g/mol. The lowest BCUT2D eigenvalue weighted by Crippen LogP contribution is -2.53. The van der Waals surface area contributed by atoms with Crippen LogP contribution < -0.4 is 4.74 Å². The van der Waals surface area contributed by atoms with Gasteiger partial charge >= 0.3 is 0 Å². The first-order chi connectivity index (χ1) is 14.8. The van der Waals surface area contributed by atoms with Gasteiger partial charge in [0.05, 0.1) is 12.7 Å². The van der Waals surface area contributed by atoms with E-state index in [1.165, 1.54) is 5.56 Å². The Morgan fingerprint density at radius 1 is 0.939 bits per heavy atom. The van der Waals surface area contributed by atoms with Crippen molar-refractivity contribution in [1.29, 1.82) is 0 Å². The molecular formula is C26H38Cl2N2O3. The van der Waals surface area contributed by atoms with Crippen molar-refractivity contribution in [3.63, 3.8) is 0 Å². The summed E-state index contributed by atoms with van der Waals surface area (Å²) in [6.45, 7) is 10.9. The average Bonchev–Trinajstić information content (AvgIpc) is 2.77. The number of nitrogens with zero attached hydrogens (tertiary/aromatic N) is 2. The number of carbonyl (C=O) groups is 1. The molecule has 1 heterocycles. The number of ether oxygens (including phenoxy) is 2. The van der Waals surface area contributed by atoms with Gasteiger partial charge in [-0.3, -0.25) is 9.69 Å². The Morgan fingerprint density at radius 3 is 2.09 bits per heavy atom. The second-order valence-corrected chi connectivity index (χ2v) is 9.15. The number of piperazine rings is 1. The van der Waals surface area contributed by atoms with Crippen molar-refractivity contribution >= 4 is 30.6 Å². The monoisotopic (exact) mass is 496 g/mol. The second-order valence-electron chi connectivity index (χ2n) is 9.15. The molecule has 5 nitrogen and oxygen atoms in total. The molecule has 0 bridgehead atoms. The predicted octanol–water partition coefficient (Wildman–Crippen LogP) is 5.11. The van der Waals surface area contributed by atoms with Crippen molar-refractivity contribution in [3.8, 4) is 5.75 Å². The van der Waals surface area contributed by atoms with Crippen LogP contribution >= 0.6 is 24.8 Å². The highest BCUT2D eigenvalue weighted by atomic mass is 35.5. The average molecular weight is 498 g/mol. The minimum Gasteiger partial charge on any atom is -0.497 e. The van der Waals surface area contributed by atoms with Crippen LogP contribution in [0.15, 0.2) is 54.6 Å². The minimum absolute atomic E-state index is 0. The van der Waals surface area contributed by atoms with Gasteiger partial charge in [0.2, 0.25) is 0 Å². The smallest absolute Gasteiger partial charge is 0.164 e. The van der Waals surface area contributed by atoms with Crippen molar-refractivity contribution in [1.82, 2.24) is 9.80 Å². The van der Waals surface area contributed by atoms with Crippen LogP contribution in [0.25, 0.3) is 0 Å². The number of carbonyl (C=O) groups excluding carboxylic acids is 1. The van der Waals surface area contributed by atoms with E-state index in [9.17, 15) is 4.79 Å². The van der Waals surface area contributed by atoms with Gasteiger partial charge < -0.3 is 14.4 Å². The van der Waals surface area contributed by atoms with Gasteiger partial charge in [0.25, 0.3) is 0 Å². The van der Waals surface area contributed by atoms with E-state index >= 15 is 0 Å². The first kappa shape index (κ1) is 29.4. The lowest BCUT2D eigenvalue weighted by Gasteiger charge is -2.41. The maximum atomic E-state index is 12.5. The van der Waals surface area contributed by atoms with E-state index in [-0.39, 0.29) is 42.4 Å². The fourth-order valence-electron chi connectivity index (χ4n) is 3.92. The Hall–Kier alpha value is -1.63. The lowest BCUT2D eigenvalue weighted by molar-refractivity contribution is -0.140. The highest BCUT2D eigenvalue weighted by Crippen LogP contribution is 2.20. The van der Waals surface area contributed by atoms with Crippen LogP contribution in [0.5, 0.6) is 5.75 Å². The molecule has 2 aromatic rings. The molecule has 0 radical (unpaired) electrons. The maximum Gasteiger partial charge on any atom is 0.164 e. The summed E-state index contributed by atoms with van der Waals surface area (Å²) in [5.41, 5.74) is 1.85. The predicted molar refractivity (Wildman–Crippen MR) is 139 cm³/mol. The molecule has 1 unspecified atom stereocenters. The van der Waals surface area contributed by atoms with Crippen molar-refractivity contribution in [3.05, 3.63) is 65.7 Å². The largest absolute Gasteiger partial charge is 0.497 e. The van der Waals surface area contributed by atoms with E-state index in [0.29, 0.717) is 6.42 Å². The SMILES string of the molecule is COc1ccc(C(=O)CCN2CCN(C(Cc3ccccc3)OC(C)(C)C)CC2)cc1.Cl.Cl. The van der Waals surface area contributed by atoms with Crippen LogP contribution in [0.1, 0.15) is 43.1 Å². The number of methoxy groups -OCH3 is 1. The Kier molecular flexibility index (Phi) is 12.4. The van der Waals surface area contributed by atoms with Crippen LogP contribution in [-0.4, -0.2) is 67.2 Å². The summed E-state index contributed by atoms with van der Waals surface area (Å²) in [6, 6.07) is 17.9. The summed E-state index contributed by atoms with van der Waals surface area (Å²) in [5, 5.41) is 0. The topological polar surface area (TPSA) is 42.0 Å². The molecule has 0 saturated carbocycles. The molecule has 0 N–H and O–H groups in total. The summed E-state index contributed by atoms with van der Waals surface area (Å²) in [7, 11) is 1.63. The molecule has 1 fully saturated rings. The summed E-state index contributed by atoms with van der Waals surface area (Å²) in [4.78, 5) is 17.3. The Bertz CT molecular complexity index is 818. The number of Topliss-reactive ketones (excluding diaryl/α,β-unsaturated/α-hetero) is 1. The molecule has 3 rings (SSSR count). The molecule has 0 spiro atoms. The molecule has 7 heteroatoms. The zero-order valence-electron chi connectivity index (χ0n) is 20.2. The number of benzene rings is 2. The molecule has 33 heavy (non-hydrogen) atoms. The van der Waals surface area contributed by atoms with Gasteiger partial charge in [-0.25, -0.2) is 0 Å². The Balaban J connectivity index is 0.00000272. The number of halogens is 2. The first-order valence-corrected chi connectivity index (χ1v) is 11.2. The summed E-state index contributed by atoms with van der Waals surface area (Å²) in [5.74, 6) is 0.957. The normalized spacial score (nSPS) is 15.8. The zero-order valence-corrected chi connectivity index (χ0v) is 21.8. The third-order valence-corrected chi connectivity index (χ3v) is 5.62. The van der Waals surface area contributed by atoms with E-state index in [2.05, 4.69) is 60.9 Å². The van der Waals surface area contributed by atoms with Gasteiger partial charge in [-0.05, 0) is 50.6 Å². The van der Waals surface area contributed by atoms with Gasteiger partial charge in [-0.1, -0.05) is 30.3 Å². The summed E-state index contributed by atoms with van der Waals surface area (Å²) in [6.07, 6.45) is 1.48. The first-order valence-electron chi connectivity index (χ1n) is 11.2. The third-order valence-electron chi connectivity index (χ3n) is 5.62.